The third-order valence-electron chi connectivity index (χ3n) is 5.91. The summed E-state index contributed by atoms with van der Waals surface area (Å²) < 4.78 is 2.20. The van der Waals surface area contributed by atoms with Crippen molar-refractivity contribution in [1.29, 1.82) is 0 Å². The Bertz CT molecular complexity index is 562. The number of aromatic nitrogens is 3. The molecule has 0 atom stereocenters. The highest BCUT2D eigenvalue weighted by Gasteiger charge is 2.19. The second-order valence-electron chi connectivity index (χ2n) is 7.88. The molecule has 1 heterocycles. The summed E-state index contributed by atoms with van der Waals surface area (Å²) in [6, 6.07) is 0.381. The van der Waals surface area contributed by atoms with Gasteiger partial charge in [-0.2, -0.15) is 0 Å². The third-order valence-corrected chi connectivity index (χ3v) is 6.88. The number of aryl methyl sites for hydroxylation is 1. The predicted molar refractivity (Wildman–Crippen MR) is 106 cm³/mol. The van der Waals surface area contributed by atoms with Gasteiger partial charge < -0.3 is 9.88 Å². The van der Waals surface area contributed by atoms with Crippen molar-refractivity contribution < 1.29 is 4.79 Å². The SMILES string of the molecule is CCn1c(CCC2CCCCC2)nnc1SCC(=O)NC1CCCCC1. The zero-order valence-electron chi connectivity index (χ0n) is 16.2. The summed E-state index contributed by atoms with van der Waals surface area (Å²) >= 11 is 1.53. The standard InChI is InChI=1S/C20H34N4OS/c1-2-24-18(14-13-16-9-5-3-6-10-16)22-23-20(24)26-15-19(25)21-17-11-7-4-8-12-17/h16-17H,2-15H2,1H3,(H,21,25). The fourth-order valence-corrected chi connectivity index (χ4v) is 5.22. The van der Waals surface area contributed by atoms with Crippen LogP contribution in [0.1, 0.15) is 83.4 Å². The van der Waals surface area contributed by atoms with E-state index in [4.69, 9.17) is 0 Å². The monoisotopic (exact) mass is 378 g/mol. The molecule has 0 bridgehead atoms. The molecule has 26 heavy (non-hydrogen) atoms. The van der Waals surface area contributed by atoms with Crippen LogP contribution in [0, 0.1) is 5.92 Å². The molecule has 2 fully saturated rings. The lowest BCUT2D eigenvalue weighted by Crippen LogP contribution is -2.37. The van der Waals surface area contributed by atoms with Crippen LogP contribution in [-0.4, -0.2) is 32.5 Å². The molecule has 1 N–H and O–H groups in total. The Morgan fingerprint density at radius 2 is 1.77 bits per heavy atom. The van der Waals surface area contributed by atoms with E-state index in [-0.39, 0.29) is 5.91 Å². The Kier molecular flexibility index (Phi) is 7.84. The Morgan fingerprint density at radius 1 is 1.08 bits per heavy atom. The smallest absolute Gasteiger partial charge is 0.230 e. The maximum Gasteiger partial charge on any atom is 0.230 e. The Labute approximate surface area is 162 Å². The molecule has 3 rings (SSSR count). The second kappa shape index (κ2) is 10.3. The molecule has 1 amide bonds. The van der Waals surface area contributed by atoms with Crippen LogP contribution in [0.25, 0.3) is 0 Å². The maximum absolute atomic E-state index is 12.2. The number of carbonyl (C=O) groups is 1. The van der Waals surface area contributed by atoms with Crippen molar-refractivity contribution in [3.8, 4) is 0 Å². The van der Waals surface area contributed by atoms with Gasteiger partial charge in [-0.25, -0.2) is 0 Å². The molecule has 0 spiro atoms. The first-order chi connectivity index (χ1) is 12.8. The van der Waals surface area contributed by atoms with Crippen molar-refractivity contribution >= 4 is 17.7 Å². The summed E-state index contributed by atoms with van der Waals surface area (Å²) in [4.78, 5) is 12.2. The van der Waals surface area contributed by atoms with E-state index in [2.05, 4.69) is 27.0 Å². The van der Waals surface area contributed by atoms with Crippen LogP contribution in [0.2, 0.25) is 0 Å². The Morgan fingerprint density at radius 3 is 2.46 bits per heavy atom. The maximum atomic E-state index is 12.2. The number of hydrogen-bond acceptors (Lipinski definition) is 4. The van der Waals surface area contributed by atoms with Gasteiger partial charge in [-0.15, -0.1) is 10.2 Å². The van der Waals surface area contributed by atoms with E-state index in [1.165, 1.54) is 69.5 Å². The molecule has 0 aliphatic heterocycles. The van der Waals surface area contributed by atoms with Gasteiger partial charge in [0.15, 0.2) is 5.16 Å². The van der Waals surface area contributed by atoms with Gasteiger partial charge in [0, 0.05) is 19.0 Å². The average Bonchev–Trinajstić information content (AvgIpc) is 3.08. The zero-order valence-corrected chi connectivity index (χ0v) is 17.0. The molecule has 146 valence electrons. The summed E-state index contributed by atoms with van der Waals surface area (Å²) in [7, 11) is 0. The van der Waals surface area contributed by atoms with Crippen molar-refractivity contribution in [3.05, 3.63) is 5.82 Å². The number of thioether (sulfide) groups is 1. The average molecular weight is 379 g/mol. The van der Waals surface area contributed by atoms with Crippen LogP contribution in [0.5, 0.6) is 0 Å². The molecule has 0 aromatic carbocycles. The predicted octanol–water partition coefficient (Wildman–Crippen LogP) is 4.35. The normalized spacial score (nSPS) is 19.6. The first-order valence-electron chi connectivity index (χ1n) is 10.6. The summed E-state index contributed by atoms with van der Waals surface area (Å²) in [6.07, 6.45) is 15.2. The van der Waals surface area contributed by atoms with E-state index >= 15 is 0 Å². The number of amides is 1. The molecule has 6 heteroatoms. The van der Waals surface area contributed by atoms with E-state index in [9.17, 15) is 4.79 Å². The van der Waals surface area contributed by atoms with Gasteiger partial charge in [-0.1, -0.05) is 63.1 Å². The van der Waals surface area contributed by atoms with Gasteiger partial charge in [0.05, 0.1) is 5.75 Å². The topological polar surface area (TPSA) is 59.8 Å². The van der Waals surface area contributed by atoms with Crippen LogP contribution in [0.4, 0.5) is 0 Å². The Balaban J connectivity index is 1.46. The lowest BCUT2D eigenvalue weighted by molar-refractivity contribution is -0.119. The van der Waals surface area contributed by atoms with Gasteiger partial charge in [0.2, 0.25) is 5.91 Å². The molecular weight excluding hydrogens is 344 g/mol. The molecule has 2 aliphatic carbocycles. The molecule has 2 aliphatic rings. The van der Waals surface area contributed by atoms with Crippen molar-refractivity contribution in [2.45, 2.75) is 102 Å². The number of carbonyl (C=O) groups excluding carboxylic acids is 1. The molecule has 1 aromatic heterocycles. The molecule has 0 radical (unpaired) electrons. The van der Waals surface area contributed by atoms with Gasteiger partial charge in [-0.05, 0) is 32.1 Å². The fraction of sp³-hybridized carbons (Fsp3) is 0.850. The summed E-state index contributed by atoms with van der Waals surface area (Å²) in [6.45, 7) is 3.01. The lowest BCUT2D eigenvalue weighted by Gasteiger charge is -2.22. The van der Waals surface area contributed by atoms with Crippen molar-refractivity contribution in [3.63, 3.8) is 0 Å². The van der Waals surface area contributed by atoms with Crippen LogP contribution >= 0.6 is 11.8 Å². The highest BCUT2D eigenvalue weighted by molar-refractivity contribution is 7.99. The molecular formula is C20H34N4OS. The third kappa shape index (κ3) is 5.73. The Hall–Kier alpha value is -1.04. The number of rotatable bonds is 8. The van der Waals surface area contributed by atoms with E-state index in [1.54, 1.807) is 0 Å². The first-order valence-corrected chi connectivity index (χ1v) is 11.6. The summed E-state index contributed by atoms with van der Waals surface area (Å²) in [5.41, 5.74) is 0. The number of hydrogen-bond donors (Lipinski definition) is 1. The van der Waals surface area contributed by atoms with Crippen LogP contribution in [0.3, 0.4) is 0 Å². The van der Waals surface area contributed by atoms with Gasteiger partial charge >= 0.3 is 0 Å². The van der Waals surface area contributed by atoms with Crippen molar-refractivity contribution in [2.24, 2.45) is 5.92 Å². The van der Waals surface area contributed by atoms with E-state index in [0.29, 0.717) is 11.8 Å². The van der Waals surface area contributed by atoms with Gasteiger partial charge in [0.1, 0.15) is 5.82 Å². The minimum Gasteiger partial charge on any atom is -0.353 e. The van der Waals surface area contributed by atoms with E-state index in [0.717, 1.165) is 42.7 Å². The van der Waals surface area contributed by atoms with E-state index < -0.39 is 0 Å². The largest absolute Gasteiger partial charge is 0.353 e. The minimum absolute atomic E-state index is 0.135. The quantitative estimate of drug-likeness (QED) is 0.683. The van der Waals surface area contributed by atoms with Gasteiger partial charge in [0.25, 0.3) is 0 Å². The molecule has 2 saturated carbocycles. The summed E-state index contributed by atoms with van der Waals surface area (Å²) in [5, 5.41) is 12.9. The fourth-order valence-electron chi connectivity index (χ4n) is 4.38. The van der Waals surface area contributed by atoms with Crippen molar-refractivity contribution in [1.82, 2.24) is 20.1 Å². The first kappa shape index (κ1) is 19.7. The van der Waals surface area contributed by atoms with Gasteiger partial charge in [-0.3, -0.25) is 4.79 Å². The highest BCUT2D eigenvalue weighted by atomic mass is 32.2. The minimum atomic E-state index is 0.135. The molecule has 0 unspecified atom stereocenters. The number of nitrogens with one attached hydrogen (secondary N) is 1. The van der Waals surface area contributed by atoms with Crippen LogP contribution in [0.15, 0.2) is 5.16 Å². The number of nitrogens with zero attached hydrogens (tertiary/aromatic N) is 3. The van der Waals surface area contributed by atoms with Crippen molar-refractivity contribution in [2.75, 3.05) is 5.75 Å². The lowest BCUT2D eigenvalue weighted by atomic mass is 9.86. The molecule has 0 saturated heterocycles. The summed E-state index contributed by atoms with van der Waals surface area (Å²) in [5.74, 6) is 2.53. The van der Waals surface area contributed by atoms with E-state index in [1.807, 2.05) is 0 Å². The zero-order chi connectivity index (χ0) is 18.2. The molecule has 5 nitrogen and oxygen atoms in total. The van der Waals surface area contributed by atoms with Crippen LogP contribution in [-0.2, 0) is 17.8 Å². The second-order valence-corrected chi connectivity index (χ2v) is 8.82. The highest BCUT2D eigenvalue weighted by Crippen LogP contribution is 2.28. The molecule has 1 aromatic rings. The van der Waals surface area contributed by atoms with Crippen LogP contribution < -0.4 is 5.32 Å².